The Morgan fingerprint density at radius 3 is 1.71 bits per heavy atom. The summed E-state index contributed by atoms with van der Waals surface area (Å²) in [6.07, 6.45) is 0. The highest BCUT2D eigenvalue weighted by Crippen LogP contribution is 1.92. The topological polar surface area (TPSA) is 35.2 Å². The Morgan fingerprint density at radius 2 is 1.71 bits per heavy atom. The predicted molar refractivity (Wildman–Crippen MR) is 30.1 cm³/mol. The van der Waals surface area contributed by atoms with Crippen LogP contribution >= 0.6 is 0 Å². The molecule has 7 heavy (non-hydrogen) atoms. The molecule has 1 fully saturated rings. The monoisotopic (exact) mass is 103 g/mol. The number of hydrogen-bond donors (Lipinski definition) is 1. The molecule has 1 aliphatic heterocycles. The van der Waals surface area contributed by atoms with Gasteiger partial charge in [-0.05, 0) is 0 Å². The highest BCUT2D eigenvalue weighted by molar-refractivity contribution is 4.65. The summed E-state index contributed by atoms with van der Waals surface area (Å²) in [4.78, 5) is 0. The summed E-state index contributed by atoms with van der Waals surface area (Å²) in [7, 11) is 0. The third kappa shape index (κ3) is 2.60. The van der Waals surface area contributed by atoms with Crippen molar-refractivity contribution in [3.8, 4) is 0 Å². The van der Waals surface area contributed by atoms with Gasteiger partial charge in [-0.2, -0.15) is 0 Å². The third-order valence-electron chi connectivity index (χ3n) is 0.664. The van der Waals surface area contributed by atoms with Gasteiger partial charge in [0.05, 0.1) is 19.3 Å². The quantitative estimate of drug-likeness (QED) is 0.480. The molecule has 0 aliphatic carbocycles. The Bertz CT molecular complexity index is 35.1. The Morgan fingerprint density at radius 1 is 1.43 bits per heavy atom. The van der Waals surface area contributed by atoms with Crippen LogP contribution in [0, 0.1) is 0 Å². The zero-order valence-electron chi connectivity index (χ0n) is 4.98. The van der Waals surface area contributed by atoms with E-state index in [-0.39, 0.29) is 0 Å². The average Bonchev–Trinajstić information content (AvgIpc) is 1.68. The molecule has 0 unspecified atom stereocenters. The molecule has 1 rings (SSSR count). The number of rotatable bonds is 0. The first-order valence-electron chi connectivity index (χ1n) is 2.73. The fourth-order valence-corrected chi connectivity index (χ4v) is 0.254. The van der Waals surface area contributed by atoms with E-state index in [0.29, 0.717) is 6.04 Å². The second-order valence-electron chi connectivity index (χ2n) is 1.30. The molecule has 1 aliphatic rings. The first-order valence-corrected chi connectivity index (χ1v) is 2.73. The van der Waals surface area contributed by atoms with Crippen LogP contribution in [0.4, 0.5) is 0 Å². The molecule has 44 valence electrons. The molecule has 0 bridgehead atoms. The zero-order chi connectivity index (χ0) is 5.70. The van der Waals surface area contributed by atoms with Crippen molar-refractivity contribution < 1.29 is 4.74 Å². The molecule has 2 heteroatoms. The van der Waals surface area contributed by atoms with E-state index in [2.05, 4.69) is 0 Å². The Hall–Kier alpha value is -0.0800. The smallest absolute Gasteiger partial charge is 0.0640 e. The summed E-state index contributed by atoms with van der Waals surface area (Å²) in [6, 6.07) is 0.343. The Balaban J connectivity index is 0.000000162. The van der Waals surface area contributed by atoms with Crippen molar-refractivity contribution in [3.63, 3.8) is 0 Å². The van der Waals surface area contributed by atoms with E-state index >= 15 is 0 Å². The highest BCUT2D eigenvalue weighted by atomic mass is 16.5. The zero-order valence-corrected chi connectivity index (χ0v) is 4.98. The van der Waals surface area contributed by atoms with E-state index < -0.39 is 0 Å². The predicted octanol–water partition coefficient (Wildman–Crippen LogP) is 0.370. The van der Waals surface area contributed by atoms with E-state index in [1.54, 1.807) is 0 Å². The maximum atomic E-state index is 5.25. The molecule has 0 aromatic rings. The van der Waals surface area contributed by atoms with Crippen LogP contribution in [0.2, 0.25) is 0 Å². The molecule has 0 aromatic carbocycles. The fourth-order valence-electron chi connectivity index (χ4n) is 0.254. The maximum absolute atomic E-state index is 5.25. The molecule has 1 heterocycles. The molecule has 0 spiro atoms. The minimum atomic E-state index is 0.343. The van der Waals surface area contributed by atoms with Gasteiger partial charge < -0.3 is 10.5 Å². The first kappa shape index (κ1) is 6.92. The minimum absolute atomic E-state index is 0.343. The first-order chi connectivity index (χ1) is 3.39. The van der Waals surface area contributed by atoms with Crippen LogP contribution in [0.15, 0.2) is 0 Å². The number of ether oxygens (including phenoxy) is 1. The van der Waals surface area contributed by atoms with Gasteiger partial charge >= 0.3 is 0 Å². The summed E-state index contributed by atoms with van der Waals surface area (Å²) in [5, 5.41) is 0. The van der Waals surface area contributed by atoms with Gasteiger partial charge in [-0.1, -0.05) is 13.8 Å². The van der Waals surface area contributed by atoms with Crippen molar-refractivity contribution in [3.05, 3.63) is 0 Å². The Kier molecular flexibility index (Phi) is 4.04. The lowest BCUT2D eigenvalue weighted by atomic mass is 10.3. The minimum Gasteiger partial charge on any atom is -0.378 e. The normalized spacial score (nSPS) is 19.3. The van der Waals surface area contributed by atoms with Gasteiger partial charge in [-0.3, -0.25) is 0 Å². The summed E-state index contributed by atoms with van der Waals surface area (Å²) < 4.78 is 4.71. The van der Waals surface area contributed by atoms with Crippen LogP contribution in [0.3, 0.4) is 0 Å². The van der Waals surface area contributed by atoms with Crippen LogP contribution in [0.1, 0.15) is 13.8 Å². The average molecular weight is 103 g/mol. The molecule has 2 N–H and O–H groups in total. The van der Waals surface area contributed by atoms with Crippen LogP contribution in [-0.2, 0) is 4.74 Å². The standard InChI is InChI=1S/C3H7NO.C2H6/c4-3-1-5-2-3;1-2/h3H,1-2,4H2;1-2H3. The molecular weight excluding hydrogens is 90.1 g/mol. The lowest BCUT2D eigenvalue weighted by Gasteiger charge is -2.20. The van der Waals surface area contributed by atoms with Gasteiger partial charge in [0.2, 0.25) is 0 Å². The van der Waals surface area contributed by atoms with Crippen molar-refractivity contribution in [2.75, 3.05) is 13.2 Å². The summed E-state index contributed by atoms with van der Waals surface area (Å²) in [6.45, 7) is 5.53. The number of hydrogen-bond acceptors (Lipinski definition) is 2. The van der Waals surface area contributed by atoms with Gasteiger partial charge in [0.1, 0.15) is 0 Å². The molecule has 1 saturated heterocycles. The molecule has 0 aromatic heterocycles. The van der Waals surface area contributed by atoms with Crippen molar-refractivity contribution >= 4 is 0 Å². The van der Waals surface area contributed by atoms with Gasteiger partial charge in [-0.15, -0.1) is 0 Å². The summed E-state index contributed by atoms with van der Waals surface area (Å²) in [5.41, 5.74) is 5.25. The van der Waals surface area contributed by atoms with E-state index in [1.807, 2.05) is 13.8 Å². The van der Waals surface area contributed by atoms with Gasteiger partial charge in [-0.25, -0.2) is 0 Å². The second kappa shape index (κ2) is 4.09. The third-order valence-corrected chi connectivity index (χ3v) is 0.664. The lowest BCUT2D eigenvalue weighted by molar-refractivity contribution is 0.0121. The summed E-state index contributed by atoms with van der Waals surface area (Å²) in [5.74, 6) is 0. The van der Waals surface area contributed by atoms with Gasteiger partial charge in [0.15, 0.2) is 0 Å². The van der Waals surface area contributed by atoms with E-state index in [9.17, 15) is 0 Å². The summed E-state index contributed by atoms with van der Waals surface area (Å²) >= 11 is 0. The van der Waals surface area contributed by atoms with Crippen LogP contribution < -0.4 is 5.73 Å². The van der Waals surface area contributed by atoms with Crippen LogP contribution in [-0.4, -0.2) is 19.3 Å². The number of nitrogens with two attached hydrogens (primary N) is 1. The second-order valence-corrected chi connectivity index (χ2v) is 1.30. The van der Waals surface area contributed by atoms with Crippen molar-refractivity contribution in [1.82, 2.24) is 0 Å². The molecular formula is C5H13NO. The van der Waals surface area contributed by atoms with Crippen molar-refractivity contribution in [2.45, 2.75) is 19.9 Å². The largest absolute Gasteiger partial charge is 0.378 e. The van der Waals surface area contributed by atoms with Gasteiger partial charge in [0, 0.05) is 0 Å². The Labute approximate surface area is 44.7 Å². The van der Waals surface area contributed by atoms with E-state index in [0.717, 1.165) is 13.2 Å². The van der Waals surface area contributed by atoms with Crippen molar-refractivity contribution in [2.24, 2.45) is 5.73 Å². The fraction of sp³-hybridized carbons (Fsp3) is 1.00. The molecule has 2 nitrogen and oxygen atoms in total. The van der Waals surface area contributed by atoms with Gasteiger partial charge in [0.25, 0.3) is 0 Å². The maximum Gasteiger partial charge on any atom is 0.0640 e. The lowest BCUT2D eigenvalue weighted by Crippen LogP contribution is -2.41. The van der Waals surface area contributed by atoms with Crippen LogP contribution in [0.5, 0.6) is 0 Å². The molecule has 0 saturated carbocycles. The molecule has 0 atom stereocenters. The molecule has 0 radical (unpaired) electrons. The highest BCUT2D eigenvalue weighted by Gasteiger charge is 2.10. The molecule has 0 amide bonds. The SMILES string of the molecule is CC.NC1COC1. The van der Waals surface area contributed by atoms with E-state index in [4.69, 9.17) is 10.5 Å². The van der Waals surface area contributed by atoms with Crippen molar-refractivity contribution in [1.29, 1.82) is 0 Å². The van der Waals surface area contributed by atoms with Crippen LogP contribution in [0.25, 0.3) is 0 Å². The van der Waals surface area contributed by atoms with E-state index in [1.165, 1.54) is 0 Å².